The number of nitrogens with one attached hydrogen (secondary N) is 1. The van der Waals surface area contributed by atoms with E-state index in [1.165, 1.54) is 4.90 Å². The first-order valence-electron chi connectivity index (χ1n) is 8.00. The Bertz CT molecular complexity index is 584. The quantitative estimate of drug-likeness (QED) is 0.792. The van der Waals surface area contributed by atoms with Crippen molar-refractivity contribution >= 4 is 12.0 Å². The number of carbonyl (C=O) groups excluding carboxylic acids is 1. The van der Waals surface area contributed by atoms with E-state index in [0.717, 1.165) is 23.3 Å². The summed E-state index contributed by atoms with van der Waals surface area (Å²) in [6.07, 6.45) is 0.821. The van der Waals surface area contributed by atoms with Crippen LogP contribution in [-0.4, -0.2) is 54.9 Å². The minimum absolute atomic E-state index is 0.0412. The van der Waals surface area contributed by atoms with Gasteiger partial charge in [0.1, 0.15) is 11.9 Å². The molecule has 0 aromatic heterocycles. The molecule has 0 saturated carbocycles. The molecule has 1 saturated heterocycles. The van der Waals surface area contributed by atoms with Crippen molar-refractivity contribution in [3.63, 3.8) is 0 Å². The van der Waals surface area contributed by atoms with Gasteiger partial charge in [-0.25, -0.2) is 4.79 Å². The number of hydrogen-bond acceptors (Lipinski definition) is 4. The highest BCUT2D eigenvalue weighted by molar-refractivity contribution is 5.75. The van der Waals surface area contributed by atoms with Crippen molar-refractivity contribution in [1.29, 1.82) is 0 Å². The molecule has 7 heteroatoms. The molecule has 24 heavy (non-hydrogen) atoms. The average molecular weight is 336 g/mol. The normalized spacial score (nSPS) is 16.7. The Morgan fingerprint density at radius 3 is 2.92 bits per heavy atom. The Kier molecular flexibility index (Phi) is 6.43. The maximum atomic E-state index is 12.0. The molecule has 1 heterocycles. The maximum absolute atomic E-state index is 12.0. The summed E-state index contributed by atoms with van der Waals surface area (Å²) in [5.41, 5.74) is 1.96. The lowest BCUT2D eigenvalue weighted by Crippen LogP contribution is -2.38. The number of hydrogen-bond donors (Lipinski definition) is 2. The molecule has 1 unspecified atom stereocenters. The molecule has 1 aromatic carbocycles. The summed E-state index contributed by atoms with van der Waals surface area (Å²) in [4.78, 5) is 23.9. The maximum Gasteiger partial charge on any atom is 0.317 e. The number of urea groups is 1. The number of ether oxygens (including phenoxy) is 2. The minimum Gasteiger partial charge on any atom is -0.488 e. The lowest BCUT2D eigenvalue weighted by atomic mass is 10.1. The smallest absolute Gasteiger partial charge is 0.317 e. The molecule has 1 atom stereocenters. The summed E-state index contributed by atoms with van der Waals surface area (Å²) in [6.45, 7) is 3.76. The van der Waals surface area contributed by atoms with E-state index in [0.29, 0.717) is 19.8 Å². The van der Waals surface area contributed by atoms with Crippen LogP contribution in [0.1, 0.15) is 24.0 Å². The molecular formula is C17H24N2O5. The van der Waals surface area contributed by atoms with Gasteiger partial charge in [0.15, 0.2) is 0 Å². The van der Waals surface area contributed by atoms with Crippen molar-refractivity contribution in [2.45, 2.75) is 32.4 Å². The number of rotatable bonds is 7. The molecule has 7 nitrogen and oxygen atoms in total. The fourth-order valence-electron chi connectivity index (χ4n) is 2.37. The van der Waals surface area contributed by atoms with Crippen LogP contribution in [0.3, 0.4) is 0 Å². The zero-order chi connectivity index (χ0) is 17.5. The van der Waals surface area contributed by atoms with E-state index in [9.17, 15) is 9.59 Å². The van der Waals surface area contributed by atoms with Gasteiger partial charge in [-0.3, -0.25) is 4.79 Å². The van der Waals surface area contributed by atoms with Crippen LogP contribution >= 0.6 is 0 Å². The highest BCUT2D eigenvalue weighted by atomic mass is 16.5. The number of carbonyl (C=O) groups is 2. The number of amides is 2. The van der Waals surface area contributed by atoms with Crippen LogP contribution in [-0.2, 0) is 16.1 Å². The monoisotopic (exact) mass is 336 g/mol. The predicted molar refractivity (Wildman–Crippen MR) is 88.1 cm³/mol. The van der Waals surface area contributed by atoms with Crippen LogP contribution < -0.4 is 10.1 Å². The van der Waals surface area contributed by atoms with Gasteiger partial charge in [0.05, 0.1) is 19.6 Å². The van der Waals surface area contributed by atoms with Gasteiger partial charge in [0.2, 0.25) is 0 Å². The molecule has 0 spiro atoms. The average Bonchev–Trinajstić information content (AvgIpc) is 3.04. The summed E-state index contributed by atoms with van der Waals surface area (Å²) in [7, 11) is 1.57. The van der Waals surface area contributed by atoms with Gasteiger partial charge in [-0.15, -0.1) is 0 Å². The van der Waals surface area contributed by atoms with Crippen molar-refractivity contribution in [2.75, 3.05) is 26.8 Å². The van der Waals surface area contributed by atoms with Crippen molar-refractivity contribution in [3.05, 3.63) is 29.3 Å². The summed E-state index contributed by atoms with van der Waals surface area (Å²) >= 11 is 0. The van der Waals surface area contributed by atoms with Gasteiger partial charge in [0.25, 0.3) is 0 Å². The van der Waals surface area contributed by atoms with Crippen LogP contribution in [0.2, 0.25) is 0 Å². The van der Waals surface area contributed by atoms with Gasteiger partial charge >= 0.3 is 12.0 Å². The third-order valence-electron chi connectivity index (χ3n) is 3.84. The molecule has 132 valence electrons. The molecular weight excluding hydrogens is 312 g/mol. The number of benzene rings is 1. The fraction of sp³-hybridized carbons (Fsp3) is 0.529. The Morgan fingerprint density at radius 1 is 1.46 bits per heavy atom. The number of aryl methyl sites for hydroxylation is 1. The third-order valence-corrected chi connectivity index (χ3v) is 3.84. The zero-order valence-corrected chi connectivity index (χ0v) is 14.1. The van der Waals surface area contributed by atoms with E-state index < -0.39 is 5.97 Å². The first-order chi connectivity index (χ1) is 11.5. The highest BCUT2D eigenvalue weighted by Crippen LogP contribution is 2.23. The van der Waals surface area contributed by atoms with Gasteiger partial charge < -0.3 is 24.8 Å². The first kappa shape index (κ1) is 18.1. The Balaban J connectivity index is 1.93. The Hall–Kier alpha value is -2.28. The Labute approximate surface area is 141 Å². The molecule has 2 rings (SSSR count). The van der Waals surface area contributed by atoms with Gasteiger partial charge in [-0.1, -0.05) is 12.1 Å². The van der Waals surface area contributed by atoms with E-state index in [1.54, 1.807) is 7.05 Å². The number of nitrogens with zero attached hydrogens (tertiary/aromatic N) is 1. The molecule has 2 N–H and O–H groups in total. The van der Waals surface area contributed by atoms with Crippen molar-refractivity contribution < 1.29 is 24.2 Å². The first-order valence-corrected chi connectivity index (χ1v) is 8.00. The molecule has 1 fully saturated rings. The second-order valence-corrected chi connectivity index (χ2v) is 5.94. The van der Waals surface area contributed by atoms with E-state index in [4.69, 9.17) is 14.6 Å². The van der Waals surface area contributed by atoms with E-state index in [2.05, 4.69) is 5.32 Å². The fourth-order valence-corrected chi connectivity index (χ4v) is 2.37. The molecule has 1 aliphatic heterocycles. The second kappa shape index (κ2) is 8.54. The number of carboxylic acid groups (broad SMARTS) is 1. The predicted octanol–water partition coefficient (Wildman–Crippen LogP) is 1.78. The summed E-state index contributed by atoms with van der Waals surface area (Å²) in [5.74, 6) is -0.179. The lowest BCUT2D eigenvalue weighted by molar-refractivity contribution is -0.137. The number of aliphatic carboxylic acids is 1. The van der Waals surface area contributed by atoms with Gasteiger partial charge in [-0.2, -0.15) is 0 Å². The minimum atomic E-state index is -0.928. The molecule has 0 aliphatic carbocycles. The van der Waals surface area contributed by atoms with Crippen LogP contribution in [0.15, 0.2) is 18.2 Å². The van der Waals surface area contributed by atoms with Gasteiger partial charge in [0, 0.05) is 32.1 Å². The lowest BCUT2D eigenvalue weighted by Gasteiger charge is -2.19. The highest BCUT2D eigenvalue weighted by Gasteiger charge is 2.19. The van der Waals surface area contributed by atoms with Crippen molar-refractivity contribution in [1.82, 2.24) is 10.2 Å². The van der Waals surface area contributed by atoms with Crippen molar-refractivity contribution in [2.24, 2.45) is 0 Å². The number of carboxylic acids is 1. The molecule has 2 amide bonds. The van der Waals surface area contributed by atoms with E-state index in [1.807, 2.05) is 25.1 Å². The summed E-state index contributed by atoms with van der Waals surface area (Å²) in [6, 6.07) is 5.53. The topological polar surface area (TPSA) is 88.1 Å². The van der Waals surface area contributed by atoms with Crippen LogP contribution in [0.25, 0.3) is 0 Å². The molecule has 1 aromatic rings. The van der Waals surface area contributed by atoms with E-state index >= 15 is 0 Å². The van der Waals surface area contributed by atoms with Crippen molar-refractivity contribution in [3.8, 4) is 5.75 Å². The zero-order valence-electron chi connectivity index (χ0n) is 14.1. The molecule has 1 aliphatic rings. The molecule has 0 bridgehead atoms. The van der Waals surface area contributed by atoms with Gasteiger partial charge in [-0.05, 0) is 18.6 Å². The van der Waals surface area contributed by atoms with Crippen LogP contribution in [0.4, 0.5) is 4.79 Å². The van der Waals surface area contributed by atoms with Crippen LogP contribution in [0.5, 0.6) is 5.75 Å². The van der Waals surface area contributed by atoms with E-state index in [-0.39, 0.29) is 25.1 Å². The summed E-state index contributed by atoms with van der Waals surface area (Å²) < 4.78 is 11.3. The largest absolute Gasteiger partial charge is 0.488 e. The summed E-state index contributed by atoms with van der Waals surface area (Å²) in [5, 5.41) is 11.5. The molecule has 0 radical (unpaired) electrons. The third kappa shape index (κ3) is 5.42. The second-order valence-electron chi connectivity index (χ2n) is 5.94. The standard InChI is InChI=1S/C17H24N2O5/c1-12-3-4-13(15(9-12)24-14-6-8-23-11-14)10-18-17(22)19(2)7-5-16(20)21/h3-4,9,14H,5-8,10-11H2,1-2H3,(H,18,22)(H,20,21). The SMILES string of the molecule is Cc1ccc(CNC(=O)N(C)CCC(=O)O)c(OC2CCOC2)c1. The van der Waals surface area contributed by atoms with Crippen LogP contribution in [0, 0.1) is 6.92 Å². The Morgan fingerprint density at radius 2 is 2.25 bits per heavy atom.